The highest BCUT2D eigenvalue weighted by atomic mass is 16.3. The van der Waals surface area contributed by atoms with Crippen LogP contribution in [0.1, 0.15) is 24.3 Å². The van der Waals surface area contributed by atoms with Gasteiger partial charge < -0.3 is 15.3 Å². The Morgan fingerprint density at radius 1 is 1.10 bits per heavy atom. The number of fused-ring (bicyclic) bond motifs is 2. The van der Waals surface area contributed by atoms with Crippen LogP contribution < -0.4 is 10.2 Å². The average Bonchev–Trinajstić information content (AvgIpc) is 3.54. The van der Waals surface area contributed by atoms with Gasteiger partial charge in [-0.15, -0.1) is 0 Å². The van der Waals surface area contributed by atoms with E-state index in [-0.39, 0.29) is 5.75 Å². The summed E-state index contributed by atoms with van der Waals surface area (Å²) in [7, 11) is 1.89. The Balaban J connectivity index is 1.50. The van der Waals surface area contributed by atoms with Crippen LogP contribution in [0.25, 0.3) is 33.2 Å². The summed E-state index contributed by atoms with van der Waals surface area (Å²) in [6, 6.07) is 8.09. The fraction of sp³-hybridized carbons (Fsp3) is 0.348. The maximum Gasteiger partial charge on any atom is 0.160 e. The number of aromatic hydroxyl groups is 1. The number of aromatic nitrogens is 4. The van der Waals surface area contributed by atoms with Crippen molar-refractivity contribution in [1.29, 1.82) is 0 Å². The van der Waals surface area contributed by atoms with Crippen LogP contribution in [0.15, 0.2) is 36.7 Å². The molecule has 0 spiro atoms. The van der Waals surface area contributed by atoms with Crippen molar-refractivity contribution in [3.63, 3.8) is 0 Å². The lowest BCUT2D eigenvalue weighted by molar-refractivity contribution is 0.478. The molecule has 30 heavy (non-hydrogen) atoms. The smallest absolute Gasteiger partial charge is 0.160 e. The van der Waals surface area contributed by atoms with Gasteiger partial charge in [0, 0.05) is 61.8 Å². The Labute approximate surface area is 174 Å². The van der Waals surface area contributed by atoms with Gasteiger partial charge in [-0.2, -0.15) is 5.10 Å². The summed E-state index contributed by atoms with van der Waals surface area (Å²) in [5, 5.41) is 20.6. The van der Waals surface area contributed by atoms with Crippen LogP contribution in [-0.4, -0.2) is 51.0 Å². The molecule has 4 aromatic rings. The standard InChI is InChI=1S/C23H24N6O/c1-28-13-15-8-19(22(30)11-20(15)27-28)21-10-17(14-2-3-14)18-9-16(12-25-23(18)26-21)29-6-4-24-5-7-29/h8-14,24,30H,2-7H2,1H3. The Hall–Kier alpha value is -3.19. The number of nitrogens with zero attached hydrogens (tertiary/aromatic N) is 5. The minimum Gasteiger partial charge on any atom is -0.507 e. The van der Waals surface area contributed by atoms with Gasteiger partial charge in [0.1, 0.15) is 5.75 Å². The number of aryl methyl sites for hydroxylation is 1. The van der Waals surface area contributed by atoms with Crippen LogP contribution in [0.2, 0.25) is 0 Å². The summed E-state index contributed by atoms with van der Waals surface area (Å²) in [5.41, 5.74) is 5.49. The first-order valence-electron chi connectivity index (χ1n) is 10.6. The van der Waals surface area contributed by atoms with Crippen LogP contribution in [0, 0.1) is 0 Å². The summed E-state index contributed by atoms with van der Waals surface area (Å²) < 4.78 is 1.76. The number of pyridine rings is 2. The van der Waals surface area contributed by atoms with Gasteiger partial charge in [0.2, 0.25) is 0 Å². The number of hydrogen-bond acceptors (Lipinski definition) is 6. The van der Waals surface area contributed by atoms with Crippen LogP contribution >= 0.6 is 0 Å². The highest BCUT2D eigenvalue weighted by Crippen LogP contribution is 2.45. The van der Waals surface area contributed by atoms with Crippen molar-refractivity contribution in [3.8, 4) is 17.0 Å². The minimum absolute atomic E-state index is 0.201. The molecule has 152 valence electrons. The van der Waals surface area contributed by atoms with E-state index in [0.717, 1.165) is 59.4 Å². The molecular weight excluding hydrogens is 376 g/mol. The monoisotopic (exact) mass is 400 g/mol. The van der Waals surface area contributed by atoms with E-state index in [9.17, 15) is 5.11 Å². The van der Waals surface area contributed by atoms with E-state index in [0.29, 0.717) is 5.92 Å². The second-order valence-electron chi connectivity index (χ2n) is 8.40. The number of rotatable bonds is 3. The average molecular weight is 400 g/mol. The van der Waals surface area contributed by atoms with Gasteiger partial charge in [0.05, 0.1) is 23.1 Å². The molecule has 2 fully saturated rings. The van der Waals surface area contributed by atoms with Gasteiger partial charge >= 0.3 is 0 Å². The maximum atomic E-state index is 10.7. The zero-order valence-corrected chi connectivity index (χ0v) is 17.0. The SMILES string of the molecule is Cn1cc2cc(-c3cc(C4CC4)c4cc(N5CCNCC5)cnc4n3)c(O)cc2n1. The van der Waals surface area contributed by atoms with Crippen molar-refractivity contribution in [2.75, 3.05) is 31.1 Å². The second kappa shape index (κ2) is 6.67. The molecule has 1 saturated carbocycles. The van der Waals surface area contributed by atoms with E-state index in [1.165, 1.54) is 24.1 Å². The van der Waals surface area contributed by atoms with Gasteiger partial charge in [-0.25, -0.2) is 9.97 Å². The third-order valence-corrected chi connectivity index (χ3v) is 6.19. The van der Waals surface area contributed by atoms with E-state index < -0.39 is 0 Å². The van der Waals surface area contributed by atoms with Crippen LogP contribution in [0.3, 0.4) is 0 Å². The summed E-state index contributed by atoms with van der Waals surface area (Å²) in [6.45, 7) is 3.99. The highest BCUT2D eigenvalue weighted by Gasteiger charge is 2.27. The molecule has 4 heterocycles. The molecule has 2 N–H and O–H groups in total. The lowest BCUT2D eigenvalue weighted by atomic mass is 10.0. The van der Waals surface area contributed by atoms with Crippen molar-refractivity contribution >= 4 is 27.6 Å². The molecule has 0 radical (unpaired) electrons. The van der Waals surface area contributed by atoms with Crippen molar-refractivity contribution in [1.82, 2.24) is 25.1 Å². The highest BCUT2D eigenvalue weighted by molar-refractivity contribution is 5.90. The lowest BCUT2D eigenvalue weighted by Gasteiger charge is -2.29. The van der Waals surface area contributed by atoms with Gasteiger partial charge in [-0.05, 0) is 42.5 Å². The molecule has 1 aliphatic heterocycles. The normalized spacial score (nSPS) is 17.2. The molecule has 6 rings (SSSR count). The maximum absolute atomic E-state index is 10.7. The molecule has 0 unspecified atom stereocenters. The van der Waals surface area contributed by atoms with Crippen LogP contribution in [0.5, 0.6) is 5.75 Å². The lowest BCUT2D eigenvalue weighted by Crippen LogP contribution is -2.43. The van der Waals surface area contributed by atoms with Crippen molar-refractivity contribution in [2.24, 2.45) is 7.05 Å². The molecule has 1 aromatic carbocycles. The molecule has 0 atom stereocenters. The van der Waals surface area contributed by atoms with Crippen molar-refractivity contribution in [3.05, 3.63) is 42.2 Å². The number of phenolic OH excluding ortho intramolecular Hbond substituents is 1. The number of hydrogen-bond donors (Lipinski definition) is 2. The molecule has 0 bridgehead atoms. The summed E-state index contributed by atoms with van der Waals surface area (Å²) in [6.07, 6.45) is 6.29. The molecule has 2 aliphatic rings. The van der Waals surface area contributed by atoms with Crippen molar-refractivity contribution in [2.45, 2.75) is 18.8 Å². The first-order chi connectivity index (χ1) is 14.7. The first kappa shape index (κ1) is 17.7. The van der Waals surface area contributed by atoms with Crippen LogP contribution in [-0.2, 0) is 7.05 Å². The molecule has 1 saturated heterocycles. The van der Waals surface area contributed by atoms with E-state index in [1.807, 2.05) is 25.5 Å². The Morgan fingerprint density at radius 2 is 1.93 bits per heavy atom. The molecule has 0 amide bonds. The Bertz CT molecular complexity index is 1270. The Morgan fingerprint density at radius 3 is 2.73 bits per heavy atom. The Kier molecular flexibility index (Phi) is 3.92. The van der Waals surface area contributed by atoms with Gasteiger partial charge in [-0.3, -0.25) is 4.68 Å². The zero-order valence-electron chi connectivity index (χ0n) is 17.0. The number of benzene rings is 1. The quantitative estimate of drug-likeness (QED) is 0.550. The van der Waals surface area contributed by atoms with E-state index >= 15 is 0 Å². The molecule has 7 heteroatoms. The number of anilines is 1. The topological polar surface area (TPSA) is 79.1 Å². The predicted molar refractivity (Wildman–Crippen MR) is 118 cm³/mol. The van der Waals surface area contributed by atoms with Gasteiger partial charge in [-0.1, -0.05) is 0 Å². The fourth-order valence-corrected chi connectivity index (χ4v) is 4.47. The summed E-state index contributed by atoms with van der Waals surface area (Å²) >= 11 is 0. The third-order valence-electron chi connectivity index (χ3n) is 6.19. The third kappa shape index (κ3) is 2.97. The first-order valence-corrected chi connectivity index (χ1v) is 10.6. The van der Waals surface area contributed by atoms with E-state index in [4.69, 9.17) is 9.97 Å². The van der Waals surface area contributed by atoms with Gasteiger partial charge in [0.25, 0.3) is 0 Å². The number of phenols is 1. The van der Waals surface area contributed by atoms with Crippen LogP contribution in [0.4, 0.5) is 5.69 Å². The molecular formula is C23H24N6O. The molecule has 1 aliphatic carbocycles. The largest absolute Gasteiger partial charge is 0.507 e. The molecule has 7 nitrogen and oxygen atoms in total. The van der Waals surface area contributed by atoms with E-state index in [1.54, 1.807) is 10.7 Å². The second-order valence-corrected chi connectivity index (χ2v) is 8.40. The van der Waals surface area contributed by atoms with Gasteiger partial charge in [0.15, 0.2) is 5.65 Å². The molecule has 3 aromatic heterocycles. The fourth-order valence-electron chi connectivity index (χ4n) is 4.47. The van der Waals surface area contributed by atoms with Crippen molar-refractivity contribution < 1.29 is 5.11 Å². The summed E-state index contributed by atoms with van der Waals surface area (Å²) in [5.74, 6) is 0.755. The minimum atomic E-state index is 0.201. The number of piperazine rings is 1. The summed E-state index contributed by atoms with van der Waals surface area (Å²) in [4.78, 5) is 12.0. The zero-order chi connectivity index (χ0) is 20.2. The predicted octanol–water partition coefficient (Wildman–Crippen LogP) is 3.18. The number of nitrogens with one attached hydrogen (secondary N) is 1. The van der Waals surface area contributed by atoms with E-state index in [2.05, 4.69) is 27.4 Å².